The molecule has 2 rings (SSSR count). The third-order valence-corrected chi connectivity index (χ3v) is 3.92. The van der Waals surface area contributed by atoms with E-state index < -0.39 is 0 Å². The Morgan fingerprint density at radius 3 is 2.94 bits per heavy atom. The van der Waals surface area contributed by atoms with Gasteiger partial charge in [-0.2, -0.15) is 5.10 Å². The molecule has 1 aliphatic heterocycles. The van der Waals surface area contributed by atoms with Crippen LogP contribution in [0.4, 0.5) is 0 Å². The zero-order valence-electron chi connectivity index (χ0n) is 11.0. The van der Waals surface area contributed by atoms with Crippen LogP contribution in [0, 0.1) is 5.92 Å². The summed E-state index contributed by atoms with van der Waals surface area (Å²) in [5, 5.41) is 7.70. The van der Waals surface area contributed by atoms with E-state index >= 15 is 0 Å². The molecule has 0 aliphatic carbocycles. The highest BCUT2D eigenvalue weighted by atomic mass is 15.3. The Balaban J connectivity index is 1.79. The zero-order valence-corrected chi connectivity index (χ0v) is 11.0. The molecule has 1 saturated heterocycles. The van der Waals surface area contributed by atoms with Crippen LogP contribution in [-0.4, -0.2) is 47.4 Å². The van der Waals surface area contributed by atoms with Gasteiger partial charge in [0.15, 0.2) is 0 Å². The predicted octanol–water partition coefficient (Wildman–Crippen LogP) is 1.20. The Bertz CT molecular complexity index is 309. The van der Waals surface area contributed by atoms with Gasteiger partial charge in [-0.1, -0.05) is 13.3 Å². The quantitative estimate of drug-likeness (QED) is 0.834. The van der Waals surface area contributed by atoms with Crippen LogP contribution in [0.5, 0.6) is 0 Å². The monoisotopic (exact) mass is 236 g/mol. The minimum atomic E-state index is 0.709. The lowest BCUT2D eigenvalue weighted by Crippen LogP contribution is -2.48. The van der Waals surface area contributed by atoms with Crippen LogP contribution in [0.15, 0.2) is 18.5 Å². The highest BCUT2D eigenvalue weighted by Crippen LogP contribution is 2.19. The maximum absolute atomic E-state index is 4.25. The van der Waals surface area contributed by atoms with Gasteiger partial charge in [0.25, 0.3) is 0 Å². The molecular weight excluding hydrogens is 212 g/mol. The molecule has 1 aliphatic rings. The van der Waals surface area contributed by atoms with Crippen molar-refractivity contribution < 1.29 is 0 Å². The third-order valence-electron chi connectivity index (χ3n) is 3.92. The highest BCUT2D eigenvalue weighted by molar-refractivity contribution is 4.84. The van der Waals surface area contributed by atoms with Crippen molar-refractivity contribution in [3.05, 3.63) is 18.5 Å². The summed E-state index contributed by atoms with van der Waals surface area (Å²) in [7, 11) is 2.09. The molecule has 96 valence electrons. The molecule has 0 amide bonds. The molecule has 0 radical (unpaired) electrons. The van der Waals surface area contributed by atoms with Gasteiger partial charge in [0.05, 0.1) is 6.54 Å². The second-order valence-electron chi connectivity index (χ2n) is 4.92. The lowest BCUT2D eigenvalue weighted by Gasteiger charge is -2.38. The van der Waals surface area contributed by atoms with E-state index in [2.05, 4.69) is 29.3 Å². The van der Waals surface area contributed by atoms with Gasteiger partial charge >= 0.3 is 0 Å². The number of nitrogens with zero attached hydrogens (tertiary/aromatic N) is 3. The van der Waals surface area contributed by atoms with E-state index in [1.54, 1.807) is 0 Å². The smallest absolute Gasteiger partial charge is 0.0536 e. The third kappa shape index (κ3) is 3.30. The number of hydrogen-bond acceptors (Lipinski definition) is 3. The minimum Gasteiger partial charge on any atom is -0.317 e. The Morgan fingerprint density at radius 2 is 2.29 bits per heavy atom. The molecule has 17 heavy (non-hydrogen) atoms. The van der Waals surface area contributed by atoms with Gasteiger partial charge < -0.3 is 10.2 Å². The van der Waals surface area contributed by atoms with E-state index in [4.69, 9.17) is 0 Å². The molecule has 0 bridgehead atoms. The maximum Gasteiger partial charge on any atom is 0.0536 e. The molecule has 2 unspecified atom stereocenters. The van der Waals surface area contributed by atoms with Gasteiger partial charge in [0, 0.05) is 31.5 Å². The van der Waals surface area contributed by atoms with Gasteiger partial charge in [-0.05, 0) is 32.0 Å². The molecule has 4 nitrogen and oxygen atoms in total. The average Bonchev–Trinajstić information content (AvgIpc) is 2.89. The van der Waals surface area contributed by atoms with Crippen molar-refractivity contribution in [2.75, 3.05) is 26.7 Å². The topological polar surface area (TPSA) is 33.1 Å². The first-order valence-corrected chi connectivity index (χ1v) is 6.70. The van der Waals surface area contributed by atoms with Gasteiger partial charge in [-0.3, -0.25) is 4.68 Å². The molecule has 2 atom stereocenters. The first-order valence-electron chi connectivity index (χ1n) is 6.70. The first-order chi connectivity index (χ1) is 8.33. The number of rotatable bonds is 5. The second-order valence-corrected chi connectivity index (χ2v) is 4.92. The normalized spacial score (nSPS) is 26.2. The number of nitrogens with one attached hydrogen (secondary N) is 1. The summed E-state index contributed by atoms with van der Waals surface area (Å²) >= 11 is 0. The summed E-state index contributed by atoms with van der Waals surface area (Å²) in [5.41, 5.74) is 0. The molecule has 0 spiro atoms. The minimum absolute atomic E-state index is 0.709. The van der Waals surface area contributed by atoms with Crippen LogP contribution in [0.3, 0.4) is 0 Å². The largest absolute Gasteiger partial charge is 0.317 e. The van der Waals surface area contributed by atoms with Crippen molar-refractivity contribution in [2.24, 2.45) is 5.92 Å². The van der Waals surface area contributed by atoms with Crippen molar-refractivity contribution in [2.45, 2.75) is 32.4 Å². The fraction of sp³-hybridized carbons (Fsp3) is 0.769. The number of likely N-dealkylation sites (tertiary alicyclic amines) is 1. The average molecular weight is 236 g/mol. The fourth-order valence-electron chi connectivity index (χ4n) is 2.78. The molecule has 0 saturated carbocycles. The van der Waals surface area contributed by atoms with Gasteiger partial charge in [-0.25, -0.2) is 0 Å². The summed E-state index contributed by atoms with van der Waals surface area (Å²) in [6, 6.07) is 2.70. The van der Waals surface area contributed by atoms with E-state index in [1.165, 1.54) is 25.9 Å². The Hall–Kier alpha value is -0.870. The lowest BCUT2D eigenvalue weighted by atomic mass is 9.90. The summed E-state index contributed by atoms with van der Waals surface area (Å²) in [6.07, 6.45) is 6.43. The Kier molecular flexibility index (Phi) is 4.57. The van der Waals surface area contributed by atoms with Crippen molar-refractivity contribution in [1.29, 1.82) is 0 Å². The van der Waals surface area contributed by atoms with E-state index in [0.29, 0.717) is 6.04 Å². The fourth-order valence-corrected chi connectivity index (χ4v) is 2.78. The van der Waals surface area contributed by atoms with Gasteiger partial charge in [-0.15, -0.1) is 0 Å². The molecule has 1 aromatic rings. The first kappa shape index (κ1) is 12.6. The van der Waals surface area contributed by atoms with Gasteiger partial charge in [0.2, 0.25) is 0 Å². The molecule has 1 fully saturated rings. The summed E-state index contributed by atoms with van der Waals surface area (Å²) < 4.78 is 2.02. The van der Waals surface area contributed by atoms with E-state index in [0.717, 1.165) is 19.0 Å². The van der Waals surface area contributed by atoms with E-state index in [1.807, 2.05) is 23.1 Å². The van der Waals surface area contributed by atoms with E-state index in [-0.39, 0.29) is 0 Å². The highest BCUT2D eigenvalue weighted by Gasteiger charge is 2.26. The zero-order chi connectivity index (χ0) is 12.1. The molecule has 4 heteroatoms. The van der Waals surface area contributed by atoms with Crippen molar-refractivity contribution in [3.8, 4) is 0 Å². The van der Waals surface area contributed by atoms with Crippen molar-refractivity contribution in [1.82, 2.24) is 20.0 Å². The number of piperidine rings is 1. The Labute approximate surface area is 104 Å². The van der Waals surface area contributed by atoms with Gasteiger partial charge in [0.1, 0.15) is 0 Å². The van der Waals surface area contributed by atoms with Crippen LogP contribution in [0.2, 0.25) is 0 Å². The summed E-state index contributed by atoms with van der Waals surface area (Å²) in [5.74, 6) is 0.798. The molecule has 2 heterocycles. The van der Waals surface area contributed by atoms with Crippen molar-refractivity contribution >= 4 is 0 Å². The second kappa shape index (κ2) is 6.17. The lowest BCUT2D eigenvalue weighted by molar-refractivity contribution is 0.133. The molecule has 1 aromatic heterocycles. The standard InChI is InChI=1S/C13H24N4/c1-3-12-11-16(8-5-13(12)14-2)9-10-17-7-4-6-15-17/h4,6-7,12-14H,3,5,8-11H2,1-2H3. The van der Waals surface area contributed by atoms with Crippen LogP contribution in [0.1, 0.15) is 19.8 Å². The van der Waals surface area contributed by atoms with Crippen LogP contribution in [-0.2, 0) is 6.54 Å². The predicted molar refractivity (Wildman–Crippen MR) is 69.9 cm³/mol. The van der Waals surface area contributed by atoms with Crippen LogP contribution in [0.25, 0.3) is 0 Å². The number of hydrogen-bond donors (Lipinski definition) is 1. The van der Waals surface area contributed by atoms with E-state index in [9.17, 15) is 0 Å². The van der Waals surface area contributed by atoms with Crippen LogP contribution < -0.4 is 5.32 Å². The van der Waals surface area contributed by atoms with Crippen LogP contribution >= 0.6 is 0 Å². The maximum atomic E-state index is 4.25. The Morgan fingerprint density at radius 1 is 1.41 bits per heavy atom. The SMILES string of the molecule is CCC1CN(CCn2cccn2)CCC1NC. The van der Waals surface area contributed by atoms with Crippen molar-refractivity contribution in [3.63, 3.8) is 0 Å². The summed E-state index contributed by atoms with van der Waals surface area (Å²) in [6.45, 7) is 6.86. The number of aromatic nitrogens is 2. The molecular formula is C13H24N4. The molecule has 0 aromatic carbocycles. The summed E-state index contributed by atoms with van der Waals surface area (Å²) in [4.78, 5) is 2.57. The molecule has 1 N–H and O–H groups in total.